The van der Waals surface area contributed by atoms with E-state index >= 15 is 0 Å². The van der Waals surface area contributed by atoms with Crippen LogP contribution >= 0.6 is 0 Å². The second-order valence-corrected chi connectivity index (χ2v) is 4.77. The first-order chi connectivity index (χ1) is 9.31. The third kappa shape index (κ3) is 2.61. The molecule has 20 heavy (non-hydrogen) atoms. The summed E-state index contributed by atoms with van der Waals surface area (Å²) < 4.78 is 13.6. The topological polar surface area (TPSA) is 109 Å². The summed E-state index contributed by atoms with van der Waals surface area (Å²) in [6.07, 6.45) is 0.262. The predicted molar refractivity (Wildman–Crippen MR) is 67.5 cm³/mol. The highest BCUT2D eigenvalue weighted by molar-refractivity contribution is 6.00. The molecule has 0 radical (unpaired) electrons. The highest BCUT2D eigenvalue weighted by Gasteiger charge is 2.48. The van der Waals surface area contributed by atoms with Crippen LogP contribution in [0.2, 0.25) is 0 Å². The van der Waals surface area contributed by atoms with E-state index in [-0.39, 0.29) is 23.2 Å². The number of nitrogens with two attached hydrogens (primary N) is 1. The van der Waals surface area contributed by atoms with E-state index in [0.717, 1.165) is 6.07 Å². The summed E-state index contributed by atoms with van der Waals surface area (Å²) in [4.78, 5) is 33.6. The van der Waals surface area contributed by atoms with Gasteiger partial charge in [-0.2, -0.15) is 0 Å². The van der Waals surface area contributed by atoms with Crippen LogP contribution in [0.4, 0.5) is 10.1 Å². The predicted octanol–water partition coefficient (Wildman–Crippen LogP) is 0.892. The lowest BCUT2D eigenvalue weighted by atomic mass is 10.1. The number of carbonyl (C=O) groups excluding carboxylic acids is 2. The van der Waals surface area contributed by atoms with Gasteiger partial charge in [0, 0.05) is 16.8 Å². The molecule has 1 aliphatic carbocycles. The molecule has 1 aromatic rings. The number of rotatable bonds is 4. The number of carboxylic acids is 1. The maximum Gasteiger partial charge on any atom is 0.307 e. The summed E-state index contributed by atoms with van der Waals surface area (Å²) >= 11 is 0. The molecule has 4 N–H and O–H groups in total. The molecule has 2 atom stereocenters. The molecule has 1 aliphatic rings. The van der Waals surface area contributed by atoms with Gasteiger partial charge in [-0.15, -0.1) is 0 Å². The number of aliphatic carboxylic acids is 1. The van der Waals surface area contributed by atoms with Crippen LogP contribution in [0.3, 0.4) is 0 Å². The van der Waals surface area contributed by atoms with Crippen LogP contribution in [0.15, 0.2) is 12.1 Å². The highest BCUT2D eigenvalue weighted by atomic mass is 19.1. The lowest BCUT2D eigenvalue weighted by molar-refractivity contribution is -0.139. The Hall–Kier alpha value is -2.44. The molecule has 6 nitrogen and oxygen atoms in total. The number of anilines is 1. The van der Waals surface area contributed by atoms with Gasteiger partial charge in [-0.1, -0.05) is 0 Å². The van der Waals surface area contributed by atoms with Crippen molar-refractivity contribution in [1.82, 2.24) is 0 Å². The highest BCUT2D eigenvalue weighted by Crippen LogP contribution is 2.39. The second-order valence-electron chi connectivity index (χ2n) is 4.77. The quantitative estimate of drug-likeness (QED) is 0.760. The number of halogens is 1. The van der Waals surface area contributed by atoms with Gasteiger partial charge >= 0.3 is 5.97 Å². The molecule has 1 aromatic carbocycles. The molecule has 2 unspecified atom stereocenters. The number of carboxylic acid groups (broad SMARTS) is 1. The van der Waals surface area contributed by atoms with Gasteiger partial charge in [0.25, 0.3) is 0 Å². The molecule has 0 bridgehead atoms. The zero-order valence-corrected chi connectivity index (χ0v) is 10.6. The number of benzene rings is 1. The molecule has 0 aromatic heterocycles. The molecular formula is C13H13FN2O4. The summed E-state index contributed by atoms with van der Waals surface area (Å²) in [5, 5.41) is 11.2. The molecule has 1 fully saturated rings. The van der Waals surface area contributed by atoms with Crippen molar-refractivity contribution in [2.24, 2.45) is 17.6 Å². The SMILES string of the molecule is Cc1c(F)cc(C(N)=O)cc1NC(=O)C1CC1C(=O)O. The molecule has 2 rings (SSSR count). The van der Waals surface area contributed by atoms with Gasteiger partial charge in [-0.3, -0.25) is 14.4 Å². The van der Waals surface area contributed by atoms with Gasteiger partial charge in [-0.05, 0) is 25.5 Å². The van der Waals surface area contributed by atoms with Crippen molar-refractivity contribution in [3.05, 3.63) is 29.1 Å². The van der Waals surface area contributed by atoms with Crippen LogP contribution < -0.4 is 11.1 Å². The summed E-state index contributed by atoms with van der Waals surface area (Å²) in [6.45, 7) is 1.44. The Morgan fingerprint density at radius 2 is 2.00 bits per heavy atom. The van der Waals surface area contributed by atoms with E-state index in [4.69, 9.17) is 10.8 Å². The molecule has 2 amide bonds. The number of amides is 2. The van der Waals surface area contributed by atoms with E-state index in [0.29, 0.717) is 0 Å². The largest absolute Gasteiger partial charge is 0.481 e. The van der Waals surface area contributed by atoms with Crippen molar-refractivity contribution >= 4 is 23.5 Å². The van der Waals surface area contributed by atoms with Gasteiger partial charge in [-0.25, -0.2) is 4.39 Å². The summed E-state index contributed by atoms with van der Waals surface area (Å²) in [7, 11) is 0. The van der Waals surface area contributed by atoms with Crippen LogP contribution in [0.5, 0.6) is 0 Å². The van der Waals surface area contributed by atoms with E-state index < -0.39 is 35.4 Å². The average Bonchev–Trinajstić information content (AvgIpc) is 3.14. The summed E-state index contributed by atoms with van der Waals surface area (Å²) in [5.74, 6) is -4.32. The monoisotopic (exact) mass is 280 g/mol. The smallest absolute Gasteiger partial charge is 0.307 e. The first kappa shape index (κ1) is 14.0. The zero-order chi connectivity index (χ0) is 15.0. The van der Waals surface area contributed by atoms with Crippen LogP contribution in [0.1, 0.15) is 22.3 Å². The number of hydrogen-bond acceptors (Lipinski definition) is 3. The van der Waals surface area contributed by atoms with E-state index in [9.17, 15) is 18.8 Å². The van der Waals surface area contributed by atoms with Crippen molar-refractivity contribution < 1.29 is 23.9 Å². The number of carbonyl (C=O) groups is 3. The van der Waals surface area contributed by atoms with Crippen molar-refractivity contribution in [2.45, 2.75) is 13.3 Å². The molecule has 0 aliphatic heterocycles. The lowest BCUT2D eigenvalue weighted by Crippen LogP contribution is -2.19. The number of primary amides is 1. The molecule has 0 heterocycles. The van der Waals surface area contributed by atoms with E-state index in [1.165, 1.54) is 13.0 Å². The molecule has 7 heteroatoms. The molecule has 1 saturated carbocycles. The van der Waals surface area contributed by atoms with E-state index in [1.807, 2.05) is 0 Å². The van der Waals surface area contributed by atoms with Gasteiger partial charge in [0.05, 0.1) is 11.8 Å². The van der Waals surface area contributed by atoms with Crippen molar-refractivity contribution in [2.75, 3.05) is 5.32 Å². The minimum atomic E-state index is -1.03. The van der Waals surface area contributed by atoms with Crippen molar-refractivity contribution in [3.8, 4) is 0 Å². The maximum atomic E-state index is 13.6. The van der Waals surface area contributed by atoms with Gasteiger partial charge in [0.1, 0.15) is 5.82 Å². The average molecular weight is 280 g/mol. The summed E-state index contributed by atoms with van der Waals surface area (Å²) in [5.41, 5.74) is 5.30. The Bertz CT molecular complexity index is 615. The first-order valence-electron chi connectivity index (χ1n) is 5.95. The summed E-state index contributed by atoms with van der Waals surface area (Å²) in [6, 6.07) is 2.27. The Balaban J connectivity index is 2.19. The second kappa shape index (κ2) is 4.92. The van der Waals surface area contributed by atoms with Crippen LogP contribution in [-0.2, 0) is 9.59 Å². The Kier molecular flexibility index (Phi) is 3.44. The fourth-order valence-corrected chi connectivity index (χ4v) is 1.93. The van der Waals surface area contributed by atoms with Crippen molar-refractivity contribution in [3.63, 3.8) is 0 Å². The Labute approximate surface area is 113 Å². The van der Waals surface area contributed by atoms with Gasteiger partial charge in [0.2, 0.25) is 11.8 Å². The number of nitrogens with one attached hydrogen (secondary N) is 1. The Morgan fingerprint density at radius 1 is 1.35 bits per heavy atom. The zero-order valence-electron chi connectivity index (χ0n) is 10.6. The van der Waals surface area contributed by atoms with Crippen LogP contribution in [-0.4, -0.2) is 22.9 Å². The fourth-order valence-electron chi connectivity index (χ4n) is 1.93. The molecular weight excluding hydrogens is 267 g/mol. The van der Waals surface area contributed by atoms with E-state index in [1.54, 1.807) is 0 Å². The standard InChI is InChI=1S/C13H13FN2O4/c1-5-9(14)2-6(11(15)17)3-10(5)16-12(18)7-4-8(7)13(19)20/h2-3,7-8H,4H2,1H3,(H2,15,17)(H,16,18)(H,19,20). The molecule has 106 valence electrons. The number of hydrogen-bond donors (Lipinski definition) is 3. The van der Waals surface area contributed by atoms with E-state index in [2.05, 4.69) is 5.32 Å². The van der Waals surface area contributed by atoms with Crippen molar-refractivity contribution in [1.29, 1.82) is 0 Å². The first-order valence-corrected chi connectivity index (χ1v) is 5.95. The minimum Gasteiger partial charge on any atom is -0.481 e. The fraction of sp³-hybridized carbons (Fsp3) is 0.308. The van der Waals surface area contributed by atoms with Gasteiger partial charge < -0.3 is 16.2 Å². The third-order valence-electron chi connectivity index (χ3n) is 3.33. The van der Waals surface area contributed by atoms with Crippen LogP contribution in [0.25, 0.3) is 0 Å². The van der Waals surface area contributed by atoms with Crippen LogP contribution in [0, 0.1) is 24.6 Å². The molecule has 0 spiro atoms. The lowest BCUT2D eigenvalue weighted by Gasteiger charge is -2.10. The molecule has 0 saturated heterocycles. The van der Waals surface area contributed by atoms with Gasteiger partial charge in [0.15, 0.2) is 0 Å². The third-order valence-corrected chi connectivity index (χ3v) is 3.33. The maximum absolute atomic E-state index is 13.6. The normalized spacial score (nSPS) is 20.3. The Morgan fingerprint density at radius 3 is 2.50 bits per heavy atom. The minimum absolute atomic E-state index is 0.0611.